The van der Waals surface area contributed by atoms with E-state index in [0.29, 0.717) is 19.4 Å². The smallest absolute Gasteiger partial charge is 0.417 e. The van der Waals surface area contributed by atoms with Gasteiger partial charge in [-0.1, -0.05) is 78.9 Å². The van der Waals surface area contributed by atoms with Crippen molar-refractivity contribution in [2.75, 3.05) is 0 Å². The molecule has 0 N–H and O–H groups in total. The van der Waals surface area contributed by atoms with E-state index in [0.717, 1.165) is 40.1 Å². The van der Waals surface area contributed by atoms with E-state index in [1.807, 2.05) is 79.7 Å². The number of aryl methyl sites for hydroxylation is 1. The SMILES string of the molecule is Cc1cc(OCc2ccccc2)cc(C(CCCC2(S(=O)(=O)c3ccccc3C(F)(F)F)C=CC=N2)c2ccccc2)c1. The van der Waals surface area contributed by atoms with Crippen LogP contribution in [0.3, 0.4) is 0 Å². The molecule has 0 radical (unpaired) electrons. The molecule has 0 fully saturated rings. The van der Waals surface area contributed by atoms with Gasteiger partial charge in [0.1, 0.15) is 12.4 Å². The monoisotopic (exact) mass is 603 g/mol. The Morgan fingerprint density at radius 2 is 1.53 bits per heavy atom. The average Bonchev–Trinajstić information content (AvgIpc) is 3.49. The van der Waals surface area contributed by atoms with E-state index in [4.69, 9.17) is 4.74 Å². The first-order valence-electron chi connectivity index (χ1n) is 14.1. The number of hydrogen-bond donors (Lipinski definition) is 0. The summed E-state index contributed by atoms with van der Waals surface area (Å²) in [5.41, 5.74) is 2.95. The molecule has 4 nitrogen and oxygen atoms in total. The largest absolute Gasteiger partial charge is 0.489 e. The van der Waals surface area contributed by atoms with Gasteiger partial charge >= 0.3 is 6.18 Å². The predicted molar refractivity (Wildman–Crippen MR) is 163 cm³/mol. The normalized spacial score (nSPS) is 17.2. The Hall–Kier alpha value is -4.17. The summed E-state index contributed by atoms with van der Waals surface area (Å²) >= 11 is 0. The lowest BCUT2D eigenvalue weighted by Gasteiger charge is -2.27. The van der Waals surface area contributed by atoms with Gasteiger partial charge in [0.05, 0.1) is 10.5 Å². The van der Waals surface area contributed by atoms with Gasteiger partial charge in [0.25, 0.3) is 0 Å². The van der Waals surface area contributed by atoms with Crippen molar-refractivity contribution in [2.45, 2.75) is 54.7 Å². The molecule has 4 aromatic rings. The Kier molecular flexibility index (Phi) is 8.87. The molecular weight excluding hydrogens is 571 g/mol. The minimum atomic E-state index is -4.82. The lowest BCUT2D eigenvalue weighted by molar-refractivity contribution is -0.139. The number of halogens is 3. The van der Waals surface area contributed by atoms with E-state index in [1.165, 1.54) is 30.5 Å². The topological polar surface area (TPSA) is 55.7 Å². The highest BCUT2D eigenvalue weighted by Gasteiger charge is 2.47. The second-order valence-corrected chi connectivity index (χ2v) is 12.8. The molecule has 2 atom stereocenters. The Morgan fingerprint density at radius 3 is 2.21 bits per heavy atom. The van der Waals surface area contributed by atoms with E-state index >= 15 is 0 Å². The Bertz CT molecular complexity index is 1700. The number of aliphatic imine (C=N–C) groups is 1. The molecule has 43 heavy (non-hydrogen) atoms. The van der Waals surface area contributed by atoms with Crippen LogP contribution in [0.2, 0.25) is 0 Å². The second kappa shape index (κ2) is 12.6. The third-order valence-corrected chi connectivity index (χ3v) is 9.95. The van der Waals surface area contributed by atoms with Crippen LogP contribution in [-0.4, -0.2) is 19.5 Å². The summed E-state index contributed by atoms with van der Waals surface area (Å²) in [5, 5.41) is 0. The molecule has 8 heteroatoms. The molecule has 1 aliphatic rings. The zero-order valence-corrected chi connectivity index (χ0v) is 24.5. The van der Waals surface area contributed by atoms with Gasteiger partial charge in [-0.05, 0) is 84.9 Å². The summed E-state index contributed by atoms with van der Waals surface area (Å²) in [5.74, 6) is 0.627. The highest BCUT2D eigenvalue weighted by Crippen LogP contribution is 2.42. The fourth-order valence-corrected chi connectivity index (χ4v) is 7.53. The van der Waals surface area contributed by atoms with Crippen LogP contribution in [0.1, 0.15) is 53.0 Å². The lowest BCUT2D eigenvalue weighted by Crippen LogP contribution is -2.35. The molecular formula is C35H32F3NO3S. The molecule has 0 saturated heterocycles. The molecule has 0 bridgehead atoms. The van der Waals surface area contributed by atoms with Crippen LogP contribution in [0.15, 0.2) is 125 Å². The first kappa shape index (κ1) is 30.3. The molecule has 0 saturated carbocycles. The van der Waals surface area contributed by atoms with E-state index < -0.39 is 31.3 Å². The zero-order valence-electron chi connectivity index (χ0n) is 23.7. The van der Waals surface area contributed by atoms with Crippen molar-refractivity contribution in [3.63, 3.8) is 0 Å². The van der Waals surface area contributed by atoms with Crippen LogP contribution < -0.4 is 4.74 Å². The van der Waals surface area contributed by atoms with Crippen LogP contribution in [-0.2, 0) is 22.6 Å². The molecule has 5 rings (SSSR count). The Labute approximate surface area is 250 Å². The molecule has 0 amide bonds. The zero-order chi connectivity index (χ0) is 30.5. The molecule has 4 aromatic carbocycles. The van der Waals surface area contributed by atoms with Crippen molar-refractivity contribution in [1.29, 1.82) is 0 Å². The summed E-state index contributed by atoms with van der Waals surface area (Å²) in [4.78, 5) is 1.68. The molecule has 1 aliphatic heterocycles. The Balaban J connectivity index is 1.42. The van der Waals surface area contributed by atoms with Crippen LogP contribution in [0.5, 0.6) is 5.75 Å². The van der Waals surface area contributed by atoms with Crippen molar-refractivity contribution in [3.05, 3.63) is 143 Å². The maximum Gasteiger partial charge on any atom is 0.417 e. The van der Waals surface area contributed by atoms with E-state index in [-0.39, 0.29) is 12.3 Å². The third-order valence-electron chi connectivity index (χ3n) is 7.64. The van der Waals surface area contributed by atoms with Gasteiger partial charge in [-0.3, -0.25) is 4.99 Å². The van der Waals surface area contributed by atoms with Gasteiger partial charge in [0.15, 0.2) is 4.87 Å². The molecule has 0 aromatic heterocycles. The van der Waals surface area contributed by atoms with E-state index in [2.05, 4.69) is 11.1 Å². The van der Waals surface area contributed by atoms with Gasteiger partial charge in [-0.25, -0.2) is 8.42 Å². The fraction of sp³-hybridized carbons (Fsp3) is 0.229. The molecule has 0 aliphatic carbocycles. The number of ether oxygens (including phenoxy) is 1. The highest BCUT2D eigenvalue weighted by molar-refractivity contribution is 7.93. The number of hydrogen-bond acceptors (Lipinski definition) is 4. The quantitative estimate of drug-likeness (QED) is 0.172. The lowest BCUT2D eigenvalue weighted by atomic mass is 9.85. The maximum absolute atomic E-state index is 13.8. The van der Waals surface area contributed by atoms with Crippen molar-refractivity contribution < 1.29 is 26.3 Å². The summed E-state index contributed by atoms with van der Waals surface area (Å²) in [7, 11) is -4.51. The fourth-order valence-electron chi connectivity index (χ4n) is 5.54. The maximum atomic E-state index is 13.8. The first-order chi connectivity index (χ1) is 20.6. The summed E-state index contributed by atoms with van der Waals surface area (Å²) in [6, 6.07) is 30.1. The summed E-state index contributed by atoms with van der Waals surface area (Å²) in [6.45, 7) is 2.42. The molecule has 0 spiro atoms. The highest BCUT2D eigenvalue weighted by atomic mass is 32.2. The van der Waals surface area contributed by atoms with Crippen molar-refractivity contribution in [2.24, 2.45) is 4.99 Å². The minimum Gasteiger partial charge on any atom is -0.489 e. The second-order valence-electron chi connectivity index (χ2n) is 10.7. The standard InChI is InChI=1S/C35H32F3NO3S/c1-26-22-29(24-30(23-26)42-25-27-12-4-2-5-13-27)31(28-14-6-3-7-15-28)16-10-19-34(20-11-21-39-34)43(40,41)33-18-9-8-17-32(33)35(36,37)38/h2-9,11-15,17-18,20-24,31H,10,16,19,25H2,1H3. The summed E-state index contributed by atoms with van der Waals surface area (Å²) < 4.78 is 75.2. The Morgan fingerprint density at radius 1 is 0.860 bits per heavy atom. The summed E-state index contributed by atoms with van der Waals surface area (Å²) in [6.07, 6.45) is 0.381. The average molecular weight is 604 g/mol. The van der Waals surface area contributed by atoms with Gasteiger partial charge < -0.3 is 4.74 Å². The number of sulfone groups is 1. The van der Waals surface area contributed by atoms with Crippen molar-refractivity contribution in [3.8, 4) is 5.75 Å². The van der Waals surface area contributed by atoms with Gasteiger partial charge in [0.2, 0.25) is 9.84 Å². The van der Waals surface area contributed by atoms with Crippen LogP contribution in [0, 0.1) is 6.92 Å². The predicted octanol–water partition coefficient (Wildman–Crippen LogP) is 8.71. The van der Waals surface area contributed by atoms with Crippen LogP contribution in [0.25, 0.3) is 0 Å². The molecule has 1 heterocycles. The number of benzene rings is 4. The molecule has 222 valence electrons. The number of rotatable bonds is 11. The van der Waals surface area contributed by atoms with Crippen molar-refractivity contribution in [1.82, 2.24) is 0 Å². The van der Waals surface area contributed by atoms with Gasteiger partial charge in [0, 0.05) is 12.1 Å². The molecule has 2 unspecified atom stereocenters. The number of nitrogens with zero attached hydrogens (tertiary/aromatic N) is 1. The van der Waals surface area contributed by atoms with Gasteiger partial charge in [-0.2, -0.15) is 13.2 Å². The number of alkyl halides is 3. The minimum absolute atomic E-state index is 0.0288. The van der Waals surface area contributed by atoms with Crippen LogP contribution >= 0.6 is 0 Å². The van der Waals surface area contributed by atoms with E-state index in [9.17, 15) is 21.6 Å². The number of allylic oxidation sites excluding steroid dienone is 1. The van der Waals surface area contributed by atoms with Crippen molar-refractivity contribution >= 4 is 16.1 Å². The third kappa shape index (κ3) is 6.75. The first-order valence-corrected chi connectivity index (χ1v) is 15.5. The van der Waals surface area contributed by atoms with Gasteiger partial charge in [-0.15, -0.1) is 0 Å². The van der Waals surface area contributed by atoms with Crippen LogP contribution in [0.4, 0.5) is 13.2 Å². The van der Waals surface area contributed by atoms with E-state index in [1.54, 1.807) is 0 Å².